The number of hydrogen-bond donors (Lipinski definition) is 1. The second-order valence-electron chi connectivity index (χ2n) is 4.81. The molecule has 1 heterocycles. The van der Waals surface area contributed by atoms with E-state index >= 15 is 0 Å². The Bertz CT molecular complexity index is 516. The summed E-state index contributed by atoms with van der Waals surface area (Å²) in [6, 6.07) is 6.41. The lowest BCUT2D eigenvalue weighted by molar-refractivity contribution is 0.420. The van der Waals surface area contributed by atoms with Gasteiger partial charge in [-0.25, -0.2) is 4.39 Å². The fourth-order valence-electron chi connectivity index (χ4n) is 1.34. The monoisotopic (exact) mass is 235 g/mol. The zero-order valence-corrected chi connectivity index (χ0v) is 9.99. The number of nitrogens with one attached hydrogen (secondary N) is 1. The van der Waals surface area contributed by atoms with E-state index in [4.69, 9.17) is 4.52 Å². The summed E-state index contributed by atoms with van der Waals surface area (Å²) in [5.41, 5.74) is 0.432. The summed E-state index contributed by atoms with van der Waals surface area (Å²) in [6.07, 6.45) is 0. The van der Waals surface area contributed by atoms with Gasteiger partial charge in [-0.2, -0.15) is 4.98 Å². The van der Waals surface area contributed by atoms with Gasteiger partial charge in [-0.15, -0.1) is 0 Å². The highest BCUT2D eigenvalue weighted by Crippen LogP contribution is 2.20. The van der Waals surface area contributed by atoms with Crippen LogP contribution in [-0.2, 0) is 0 Å². The summed E-state index contributed by atoms with van der Waals surface area (Å²) in [5, 5.41) is 6.85. The Hall–Kier alpha value is -1.91. The molecule has 2 aromatic rings. The first-order valence-corrected chi connectivity index (χ1v) is 5.32. The van der Waals surface area contributed by atoms with Crippen LogP contribution in [0.2, 0.25) is 0 Å². The van der Waals surface area contributed by atoms with Gasteiger partial charge < -0.3 is 9.84 Å². The van der Waals surface area contributed by atoms with E-state index in [-0.39, 0.29) is 11.4 Å². The molecule has 1 N–H and O–H groups in total. The Kier molecular flexibility index (Phi) is 2.83. The smallest absolute Gasteiger partial charge is 0.322 e. The molecule has 0 fully saturated rings. The lowest BCUT2D eigenvalue weighted by atomic mass is 10.1. The van der Waals surface area contributed by atoms with Gasteiger partial charge in [0.2, 0.25) is 5.82 Å². The van der Waals surface area contributed by atoms with Crippen molar-refractivity contribution in [2.24, 2.45) is 0 Å². The summed E-state index contributed by atoms with van der Waals surface area (Å²) >= 11 is 0. The first-order valence-electron chi connectivity index (χ1n) is 5.32. The van der Waals surface area contributed by atoms with E-state index in [1.54, 1.807) is 12.1 Å². The van der Waals surface area contributed by atoms with E-state index < -0.39 is 0 Å². The van der Waals surface area contributed by atoms with Crippen LogP contribution in [0.3, 0.4) is 0 Å². The predicted molar refractivity (Wildman–Crippen MR) is 63.1 cm³/mol. The van der Waals surface area contributed by atoms with Crippen LogP contribution in [0.5, 0.6) is 0 Å². The van der Waals surface area contributed by atoms with Crippen LogP contribution in [0.15, 0.2) is 28.8 Å². The molecular formula is C12H14FN3O. The van der Waals surface area contributed by atoms with Crippen molar-refractivity contribution in [3.05, 3.63) is 30.1 Å². The molecule has 4 nitrogen and oxygen atoms in total. The Balaban J connectivity index is 2.24. The maximum Gasteiger partial charge on any atom is 0.322 e. The Labute approximate surface area is 98.8 Å². The van der Waals surface area contributed by atoms with Crippen molar-refractivity contribution in [2.45, 2.75) is 26.3 Å². The highest BCUT2D eigenvalue weighted by molar-refractivity contribution is 5.55. The maximum atomic E-state index is 13.0. The Morgan fingerprint density at radius 1 is 1.29 bits per heavy atom. The second-order valence-corrected chi connectivity index (χ2v) is 4.81. The normalized spacial score (nSPS) is 11.5. The molecule has 5 heteroatoms. The number of aromatic nitrogens is 2. The van der Waals surface area contributed by atoms with Crippen molar-refractivity contribution in [3.8, 4) is 11.4 Å². The molecule has 0 bridgehead atoms. The summed E-state index contributed by atoms with van der Waals surface area (Å²) in [7, 11) is 0. The summed E-state index contributed by atoms with van der Waals surface area (Å²) in [4.78, 5) is 4.15. The molecule has 0 amide bonds. The molecular weight excluding hydrogens is 221 g/mol. The third-order valence-corrected chi connectivity index (χ3v) is 1.99. The average molecular weight is 235 g/mol. The molecule has 0 unspecified atom stereocenters. The lowest BCUT2D eigenvalue weighted by Crippen LogP contribution is -2.26. The highest BCUT2D eigenvalue weighted by atomic mass is 19.1. The molecule has 1 aromatic carbocycles. The van der Waals surface area contributed by atoms with Crippen molar-refractivity contribution < 1.29 is 8.91 Å². The van der Waals surface area contributed by atoms with E-state index in [0.29, 0.717) is 17.4 Å². The topological polar surface area (TPSA) is 51.0 Å². The van der Waals surface area contributed by atoms with Gasteiger partial charge in [0, 0.05) is 11.1 Å². The van der Waals surface area contributed by atoms with Gasteiger partial charge in [-0.3, -0.25) is 0 Å². The molecule has 0 spiro atoms. The zero-order chi connectivity index (χ0) is 12.5. The SMILES string of the molecule is CC(C)(C)Nc1nc(-c2cccc(F)c2)no1. The lowest BCUT2D eigenvalue weighted by Gasteiger charge is -2.17. The average Bonchev–Trinajstić information content (AvgIpc) is 2.63. The van der Waals surface area contributed by atoms with E-state index in [2.05, 4.69) is 15.5 Å². The third-order valence-electron chi connectivity index (χ3n) is 1.99. The molecule has 0 saturated heterocycles. The minimum atomic E-state index is -0.322. The second kappa shape index (κ2) is 4.16. The number of nitrogens with zero attached hydrogens (tertiary/aromatic N) is 2. The first-order chi connectivity index (χ1) is 7.94. The van der Waals surface area contributed by atoms with Crippen LogP contribution < -0.4 is 5.32 Å². The van der Waals surface area contributed by atoms with Crippen LogP contribution in [0.25, 0.3) is 11.4 Å². The van der Waals surface area contributed by atoms with E-state index in [1.165, 1.54) is 12.1 Å². The van der Waals surface area contributed by atoms with Crippen molar-refractivity contribution in [1.29, 1.82) is 0 Å². The van der Waals surface area contributed by atoms with Crippen LogP contribution in [0, 0.1) is 5.82 Å². The number of anilines is 1. The quantitative estimate of drug-likeness (QED) is 0.869. The molecule has 17 heavy (non-hydrogen) atoms. The van der Waals surface area contributed by atoms with E-state index in [0.717, 1.165) is 0 Å². The van der Waals surface area contributed by atoms with Gasteiger partial charge in [0.25, 0.3) is 0 Å². The van der Waals surface area contributed by atoms with Gasteiger partial charge in [0.05, 0.1) is 0 Å². The van der Waals surface area contributed by atoms with Crippen molar-refractivity contribution in [2.75, 3.05) is 5.32 Å². The van der Waals surface area contributed by atoms with Crippen LogP contribution >= 0.6 is 0 Å². The molecule has 2 rings (SSSR count). The molecule has 0 saturated carbocycles. The molecule has 90 valence electrons. The van der Waals surface area contributed by atoms with Crippen molar-refractivity contribution in [3.63, 3.8) is 0 Å². The van der Waals surface area contributed by atoms with Crippen molar-refractivity contribution in [1.82, 2.24) is 10.1 Å². The molecule has 1 aromatic heterocycles. The summed E-state index contributed by atoms with van der Waals surface area (Å²) in [6.45, 7) is 5.96. The Morgan fingerprint density at radius 2 is 2.06 bits per heavy atom. The molecule has 0 atom stereocenters. The van der Waals surface area contributed by atoms with Gasteiger partial charge in [-0.05, 0) is 32.9 Å². The highest BCUT2D eigenvalue weighted by Gasteiger charge is 2.15. The van der Waals surface area contributed by atoms with E-state index in [9.17, 15) is 4.39 Å². The minimum absolute atomic E-state index is 0.161. The minimum Gasteiger partial charge on any atom is -0.333 e. The molecule has 0 radical (unpaired) electrons. The van der Waals surface area contributed by atoms with Crippen LogP contribution in [0.1, 0.15) is 20.8 Å². The fourth-order valence-corrected chi connectivity index (χ4v) is 1.34. The largest absolute Gasteiger partial charge is 0.333 e. The number of hydrogen-bond acceptors (Lipinski definition) is 4. The fraction of sp³-hybridized carbons (Fsp3) is 0.333. The van der Waals surface area contributed by atoms with Gasteiger partial charge in [0.15, 0.2) is 0 Å². The van der Waals surface area contributed by atoms with Gasteiger partial charge in [-0.1, -0.05) is 17.3 Å². The number of benzene rings is 1. The standard InChI is InChI=1S/C12H14FN3O/c1-12(2,3)15-11-14-10(16-17-11)8-5-4-6-9(13)7-8/h4-7H,1-3H3,(H,14,15,16). The number of rotatable bonds is 2. The molecule has 0 aliphatic carbocycles. The maximum absolute atomic E-state index is 13.0. The van der Waals surface area contributed by atoms with Gasteiger partial charge >= 0.3 is 6.01 Å². The number of halogens is 1. The zero-order valence-electron chi connectivity index (χ0n) is 9.99. The summed E-state index contributed by atoms with van der Waals surface area (Å²) < 4.78 is 18.1. The molecule has 0 aliphatic heterocycles. The van der Waals surface area contributed by atoms with Crippen LogP contribution in [-0.4, -0.2) is 15.7 Å². The van der Waals surface area contributed by atoms with Crippen LogP contribution in [0.4, 0.5) is 10.4 Å². The first kappa shape index (κ1) is 11.6. The predicted octanol–water partition coefficient (Wildman–Crippen LogP) is 3.09. The van der Waals surface area contributed by atoms with Crippen molar-refractivity contribution >= 4 is 6.01 Å². The molecule has 0 aliphatic rings. The Morgan fingerprint density at radius 3 is 2.71 bits per heavy atom. The van der Waals surface area contributed by atoms with Gasteiger partial charge in [0.1, 0.15) is 5.82 Å². The van der Waals surface area contributed by atoms with E-state index in [1.807, 2.05) is 20.8 Å². The third kappa shape index (κ3) is 3.03. The summed E-state index contributed by atoms with van der Waals surface area (Å²) in [5.74, 6) is 0.0499.